The molecule has 140 valence electrons. The molecule has 0 aliphatic heterocycles. The van der Waals surface area contributed by atoms with Gasteiger partial charge >= 0.3 is 0 Å². The van der Waals surface area contributed by atoms with Gasteiger partial charge in [-0.1, -0.05) is 54.1 Å². The molecule has 9 heteroatoms. The number of halogens is 1. The summed E-state index contributed by atoms with van der Waals surface area (Å²) in [5, 5.41) is 10.4. The van der Waals surface area contributed by atoms with Gasteiger partial charge in [0.25, 0.3) is 0 Å². The van der Waals surface area contributed by atoms with Crippen LogP contribution in [0.3, 0.4) is 0 Å². The number of hydrogen-bond donors (Lipinski definition) is 2. The van der Waals surface area contributed by atoms with Gasteiger partial charge in [-0.15, -0.1) is 0 Å². The van der Waals surface area contributed by atoms with Crippen LogP contribution in [-0.4, -0.2) is 16.8 Å². The summed E-state index contributed by atoms with van der Waals surface area (Å²) in [6.07, 6.45) is 0. The summed E-state index contributed by atoms with van der Waals surface area (Å²) in [6, 6.07) is 18.0. The molecule has 27 heavy (non-hydrogen) atoms. The Bertz CT molecular complexity index is 1220. The van der Waals surface area contributed by atoms with Gasteiger partial charge in [0.2, 0.25) is 20.0 Å². The Balaban J connectivity index is 2.16. The molecule has 0 aromatic heterocycles. The molecule has 0 bridgehead atoms. The molecule has 0 spiro atoms. The van der Waals surface area contributed by atoms with Gasteiger partial charge in [-0.05, 0) is 46.5 Å². The Morgan fingerprint density at radius 2 is 1.19 bits per heavy atom. The molecule has 0 aliphatic carbocycles. The fourth-order valence-electron chi connectivity index (χ4n) is 2.70. The molecule has 0 aliphatic rings. The molecule has 0 saturated carbocycles. The molecule has 3 aromatic carbocycles. The molecule has 3 aromatic rings. The predicted molar refractivity (Wildman–Crippen MR) is 105 cm³/mol. The monoisotopic (exact) mass is 422 g/mol. The quantitative estimate of drug-likeness (QED) is 0.671. The minimum Gasteiger partial charge on any atom is -0.225 e. The van der Waals surface area contributed by atoms with E-state index < -0.39 is 20.0 Å². The number of sulfonamides is 2. The van der Waals surface area contributed by atoms with Gasteiger partial charge in [-0.3, -0.25) is 0 Å². The molecule has 6 nitrogen and oxygen atoms in total. The van der Waals surface area contributed by atoms with Gasteiger partial charge in [0.1, 0.15) is 4.90 Å². The van der Waals surface area contributed by atoms with Crippen LogP contribution < -0.4 is 10.3 Å². The first-order chi connectivity index (χ1) is 12.6. The van der Waals surface area contributed by atoms with E-state index in [9.17, 15) is 16.8 Å². The molecule has 0 saturated heterocycles. The second kappa shape index (κ2) is 7.06. The Morgan fingerprint density at radius 3 is 1.70 bits per heavy atom. The van der Waals surface area contributed by atoms with Crippen LogP contribution in [0, 0.1) is 0 Å². The Labute approximate surface area is 162 Å². The number of hydrogen-bond acceptors (Lipinski definition) is 4. The number of rotatable bonds is 4. The van der Waals surface area contributed by atoms with Gasteiger partial charge in [0.05, 0.1) is 9.92 Å². The van der Waals surface area contributed by atoms with Crippen molar-refractivity contribution in [3.05, 3.63) is 71.8 Å². The van der Waals surface area contributed by atoms with Crippen LogP contribution in [0.15, 0.2) is 76.5 Å². The minimum absolute atomic E-state index is 0.00624. The summed E-state index contributed by atoms with van der Waals surface area (Å²) in [5.74, 6) is 0. The Kier molecular flexibility index (Phi) is 5.11. The van der Waals surface area contributed by atoms with Crippen LogP contribution in [0.4, 0.5) is 0 Å². The molecule has 0 fully saturated rings. The summed E-state index contributed by atoms with van der Waals surface area (Å²) in [7, 11) is -7.76. The van der Waals surface area contributed by atoms with Crippen molar-refractivity contribution in [2.75, 3.05) is 0 Å². The Hall–Kier alpha value is -2.23. The fraction of sp³-hybridized carbons (Fsp3) is 0. The van der Waals surface area contributed by atoms with Crippen LogP contribution >= 0.6 is 11.6 Å². The molecule has 0 atom stereocenters. The van der Waals surface area contributed by atoms with Crippen molar-refractivity contribution in [1.82, 2.24) is 0 Å². The van der Waals surface area contributed by atoms with Crippen LogP contribution in [0.2, 0.25) is 5.02 Å². The van der Waals surface area contributed by atoms with Gasteiger partial charge in [0, 0.05) is 0 Å². The van der Waals surface area contributed by atoms with Crippen molar-refractivity contribution in [2.45, 2.75) is 9.79 Å². The zero-order chi connectivity index (χ0) is 19.8. The summed E-state index contributed by atoms with van der Waals surface area (Å²) in [6.45, 7) is 0. The first kappa shape index (κ1) is 19.5. The number of nitrogens with two attached hydrogens (primary N) is 2. The van der Waals surface area contributed by atoms with E-state index in [1.165, 1.54) is 24.3 Å². The third-order valence-electron chi connectivity index (χ3n) is 3.97. The third kappa shape index (κ3) is 4.20. The second-order valence-corrected chi connectivity index (χ2v) is 9.30. The highest BCUT2D eigenvalue weighted by Gasteiger charge is 2.16. The van der Waals surface area contributed by atoms with Gasteiger partial charge in [-0.25, -0.2) is 27.1 Å². The molecule has 0 heterocycles. The van der Waals surface area contributed by atoms with Crippen molar-refractivity contribution in [3.8, 4) is 22.3 Å². The molecule has 0 amide bonds. The molecule has 3 rings (SSSR count). The summed E-state index contributed by atoms with van der Waals surface area (Å²) in [5.41, 5.74) is 2.86. The lowest BCUT2D eigenvalue weighted by molar-refractivity contribution is 0.596. The van der Waals surface area contributed by atoms with E-state index in [2.05, 4.69) is 0 Å². The van der Waals surface area contributed by atoms with Crippen LogP contribution in [-0.2, 0) is 20.0 Å². The standard InChI is InChI=1S/C18H15ClN2O4S2/c19-17-10-7-13(11-18(17)27(21,24)25)16-4-2-1-3-15(16)12-5-8-14(9-6-12)26(20,22)23/h1-11H,(H2,20,22,23)(H2,21,24,25). The second-order valence-electron chi connectivity index (χ2n) is 5.81. The lowest BCUT2D eigenvalue weighted by atomic mass is 9.95. The van der Waals surface area contributed by atoms with Crippen LogP contribution in [0.5, 0.6) is 0 Å². The zero-order valence-electron chi connectivity index (χ0n) is 13.8. The predicted octanol–water partition coefficient (Wildman–Crippen LogP) is 2.97. The maximum Gasteiger partial charge on any atom is 0.239 e. The van der Waals surface area contributed by atoms with Crippen molar-refractivity contribution in [3.63, 3.8) is 0 Å². The SMILES string of the molecule is NS(=O)(=O)c1ccc(-c2ccccc2-c2ccc(Cl)c(S(N)(=O)=O)c2)cc1. The first-order valence-electron chi connectivity index (χ1n) is 7.62. The normalized spacial score (nSPS) is 12.1. The highest BCUT2D eigenvalue weighted by Crippen LogP contribution is 2.35. The van der Waals surface area contributed by atoms with Gasteiger partial charge in [0.15, 0.2) is 0 Å². The van der Waals surface area contributed by atoms with Crippen molar-refractivity contribution in [1.29, 1.82) is 0 Å². The lowest BCUT2D eigenvalue weighted by Gasteiger charge is -2.12. The maximum absolute atomic E-state index is 11.7. The van der Waals surface area contributed by atoms with E-state index in [1.807, 2.05) is 24.3 Å². The van der Waals surface area contributed by atoms with E-state index in [1.54, 1.807) is 18.2 Å². The summed E-state index contributed by atoms with van der Waals surface area (Å²) < 4.78 is 46.4. The Morgan fingerprint density at radius 1 is 0.667 bits per heavy atom. The van der Waals surface area contributed by atoms with E-state index in [0.717, 1.165) is 16.7 Å². The molecule has 4 N–H and O–H groups in total. The molecular formula is C18H15ClN2O4S2. The van der Waals surface area contributed by atoms with E-state index in [0.29, 0.717) is 5.56 Å². The average Bonchev–Trinajstić information content (AvgIpc) is 2.60. The zero-order valence-corrected chi connectivity index (χ0v) is 16.2. The number of primary sulfonamides is 2. The third-order valence-corrected chi connectivity index (χ3v) is 6.29. The highest BCUT2D eigenvalue weighted by molar-refractivity contribution is 7.89. The lowest BCUT2D eigenvalue weighted by Crippen LogP contribution is -2.12. The molecule has 0 radical (unpaired) electrons. The van der Waals surface area contributed by atoms with E-state index >= 15 is 0 Å². The smallest absolute Gasteiger partial charge is 0.225 e. The first-order valence-corrected chi connectivity index (χ1v) is 11.1. The van der Waals surface area contributed by atoms with E-state index in [-0.39, 0.29) is 14.8 Å². The number of benzene rings is 3. The highest BCUT2D eigenvalue weighted by atomic mass is 35.5. The van der Waals surface area contributed by atoms with Gasteiger partial charge < -0.3 is 0 Å². The largest absolute Gasteiger partial charge is 0.239 e. The van der Waals surface area contributed by atoms with Gasteiger partial charge in [-0.2, -0.15) is 0 Å². The minimum atomic E-state index is -3.98. The topological polar surface area (TPSA) is 120 Å². The van der Waals surface area contributed by atoms with E-state index in [4.69, 9.17) is 21.9 Å². The fourth-order valence-corrected chi connectivity index (χ4v) is 4.29. The average molecular weight is 423 g/mol. The van der Waals surface area contributed by atoms with Crippen molar-refractivity contribution < 1.29 is 16.8 Å². The van der Waals surface area contributed by atoms with Crippen molar-refractivity contribution >= 4 is 31.6 Å². The van der Waals surface area contributed by atoms with Crippen LogP contribution in [0.25, 0.3) is 22.3 Å². The van der Waals surface area contributed by atoms with Crippen LogP contribution in [0.1, 0.15) is 0 Å². The summed E-state index contributed by atoms with van der Waals surface area (Å²) in [4.78, 5) is -0.159. The maximum atomic E-state index is 11.7. The molecule has 0 unspecified atom stereocenters. The summed E-state index contributed by atoms with van der Waals surface area (Å²) >= 11 is 5.96. The molecular weight excluding hydrogens is 408 g/mol. The van der Waals surface area contributed by atoms with Crippen molar-refractivity contribution in [2.24, 2.45) is 10.3 Å².